The minimum Gasteiger partial charge on any atom is -0.357 e. The van der Waals surface area contributed by atoms with Gasteiger partial charge in [0.25, 0.3) is 5.91 Å². The Morgan fingerprint density at radius 3 is 2.44 bits per heavy atom. The normalized spacial score (nSPS) is 17.0. The maximum Gasteiger partial charge on any atom is 0.250 e. The highest BCUT2D eigenvalue weighted by Gasteiger charge is 2.34. The first kappa shape index (κ1) is 17.2. The Bertz CT molecular complexity index is 987. The number of nitrogens with zero attached hydrogens (tertiary/aromatic N) is 7. The van der Waals surface area contributed by atoms with Gasteiger partial charge in [0.1, 0.15) is 17.7 Å². The Morgan fingerprint density at radius 1 is 1.07 bits per heavy atom. The Labute approximate surface area is 157 Å². The molecule has 3 aromatic rings. The smallest absolute Gasteiger partial charge is 0.250 e. The zero-order valence-electron chi connectivity index (χ0n) is 15.8. The molecule has 27 heavy (non-hydrogen) atoms. The zero-order valence-corrected chi connectivity index (χ0v) is 15.8. The largest absolute Gasteiger partial charge is 0.357 e. The lowest BCUT2D eigenvalue weighted by Gasteiger charge is -2.17. The van der Waals surface area contributed by atoms with E-state index in [4.69, 9.17) is 0 Å². The molecule has 1 aliphatic heterocycles. The molecule has 0 bridgehead atoms. The molecule has 3 aromatic heterocycles. The second-order valence-electron chi connectivity index (χ2n) is 6.86. The van der Waals surface area contributed by atoms with Gasteiger partial charge < -0.3 is 5.32 Å². The molecule has 1 aliphatic rings. The Balaban J connectivity index is 1.47. The van der Waals surface area contributed by atoms with E-state index in [0.29, 0.717) is 24.6 Å². The Kier molecular flexibility index (Phi) is 4.14. The van der Waals surface area contributed by atoms with E-state index in [1.807, 2.05) is 52.1 Å². The van der Waals surface area contributed by atoms with E-state index < -0.39 is 0 Å². The summed E-state index contributed by atoms with van der Waals surface area (Å²) in [4.78, 5) is 14.5. The van der Waals surface area contributed by atoms with E-state index in [9.17, 15) is 4.79 Å². The summed E-state index contributed by atoms with van der Waals surface area (Å²) >= 11 is 0. The van der Waals surface area contributed by atoms with Crippen molar-refractivity contribution in [2.45, 2.75) is 33.2 Å². The quantitative estimate of drug-likeness (QED) is 0.753. The van der Waals surface area contributed by atoms with E-state index in [0.717, 1.165) is 22.9 Å². The van der Waals surface area contributed by atoms with Crippen LogP contribution < -0.4 is 10.2 Å². The van der Waals surface area contributed by atoms with E-state index >= 15 is 0 Å². The van der Waals surface area contributed by atoms with Gasteiger partial charge in [-0.3, -0.25) is 14.4 Å². The summed E-state index contributed by atoms with van der Waals surface area (Å²) in [6.07, 6.45) is 0.698. The van der Waals surface area contributed by atoms with Crippen molar-refractivity contribution in [3.63, 3.8) is 0 Å². The summed E-state index contributed by atoms with van der Waals surface area (Å²) in [6.45, 7) is 6.47. The van der Waals surface area contributed by atoms with Crippen LogP contribution in [-0.4, -0.2) is 48.3 Å². The summed E-state index contributed by atoms with van der Waals surface area (Å²) in [5, 5.41) is 20.4. The molecule has 1 fully saturated rings. The first-order valence-electron chi connectivity index (χ1n) is 8.88. The third-order valence-corrected chi connectivity index (χ3v) is 4.66. The minimum atomic E-state index is -0.325. The van der Waals surface area contributed by atoms with Gasteiger partial charge in [-0.2, -0.15) is 10.2 Å². The molecule has 9 nitrogen and oxygen atoms in total. The molecule has 1 N–H and O–H groups in total. The predicted octanol–water partition coefficient (Wildman–Crippen LogP) is 1.54. The van der Waals surface area contributed by atoms with E-state index in [1.54, 1.807) is 14.3 Å². The third-order valence-electron chi connectivity index (χ3n) is 4.66. The Hall–Kier alpha value is -3.23. The maximum absolute atomic E-state index is 12.8. The third kappa shape index (κ3) is 3.16. The molecule has 0 aliphatic carbocycles. The highest BCUT2D eigenvalue weighted by Crippen LogP contribution is 2.23. The molecule has 4 heterocycles. The lowest BCUT2D eigenvalue weighted by Crippen LogP contribution is -2.34. The number of nitrogens with one attached hydrogen (secondary N) is 1. The molecule has 1 saturated heterocycles. The Morgan fingerprint density at radius 2 is 1.85 bits per heavy atom. The van der Waals surface area contributed by atoms with Crippen LogP contribution in [0.5, 0.6) is 0 Å². The monoisotopic (exact) mass is 366 g/mol. The average molecular weight is 366 g/mol. The number of anilines is 2. The van der Waals surface area contributed by atoms with Crippen molar-refractivity contribution in [3.8, 4) is 5.82 Å². The fourth-order valence-corrected chi connectivity index (χ4v) is 3.45. The van der Waals surface area contributed by atoms with Crippen molar-refractivity contribution in [3.05, 3.63) is 41.3 Å². The van der Waals surface area contributed by atoms with Crippen LogP contribution >= 0.6 is 0 Å². The molecular weight excluding hydrogens is 344 g/mol. The number of rotatable bonds is 4. The molecule has 0 radical (unpaired) electrons. The minimum absolute atomic E-state index is 0.0161. The lowest BCUT2D eigenvalue weighted by atomic mass is 10.2. The van der Waals surface area contributed by atoms with Crippen LogP contribution in [0.15, 0.2) is 24.3 Å². The van der Waals surface area contributed by atoms with Gasteiger partial charge in [0, 0.05) is 25.4 Å². The summed E-state index contributed by atoms with van der Waals surface area (Å²) in [5.41, 5.74) is 2.82. The topological polar surface area (TPSA) is 93.8 Å². The SMILES string of the molecule is Cc1cc(N2CCC(Nc3ccc(-n4nc(C)cc4C)nn3)C2=O)n(C)n1. The number of aromatic nitrogens is 6. The van der Waals surface area contributed by atoms with Crippen LogP contribution in [0.25, 0.3) is 5.82 Å². The van der Waals surface area contributed by atoms with Gasteiger partial charge in [-0.1, -0.05) is 0 Å². The molecule has 0 saturated carbocycles. The molecule has 4 rings (SSSR count). The van der Waals surface area contributed by atoms with E-state index in [2.05, 4.69) is 25.7 Å². The van der Waals surface area contributed by atoms with Crippen molar-refractivity contribution >= 4 is 17.5 Å². The summed E-state index contributed by atoms with van der Waals surface area (Å²) < 4.78 is 3.48. The van der Waals surface area contributed by atoms with Crippen LogP contribution in [0, 0.1) is 20.8 Å². The highest BCUT2D eigenvalue weighted by atomic mass is 16.2. The van der Waals surface area contributed by atoms with E-state index in [1.165, 1.54) is 0 Å². The van der Waals surface area contributed by atoms with Crippen molar-refractivity contribution in [2.24, 2.45) is 7.05 Å². The van der Waals surface area contributed by atoms with Crippen LogP contribution in [-0.2, 0) is 11.8 Å². The number of carbonyl (C=O) groups excluding carboxylic acids is 1. The molecular formula is C18H22N8O. The zero-order chi connectivity index (χ0) is 19.1. The van der Waals surface area contributed by atoms with Gasteiger partial charge in [0.2, 0.25) is 0 Å². The van der Waals surface area contributed by atoms with Crippen molar-refractivity contribution < 1.29 is 4.79 Å². The summed E-state index contributed by atoms with van der Waals surface area (Å²) in [7, 11) is 1.85. The van der Waals surface area contributed by atoms with Gasteiger partial charge in [-0.15, -0.1) is 10.2 Å². The number of carbonyl (C=O) groups is 1. The van der Waals surface area contributed by atoms with Crippen LogP contribution in [0.1, 0.15) is 23.5 Å². The number of amides is 1. The predicted molar refractivity (Wildman–Crippen MR) is 101 cm³/mol. The van der Waals surface area contributed by atoms with Gasteiger partial charge in [-0.25, -0.2) is 4.68 Å². The number of aryl methyl sites for hydroxylation is 4. The van der Waals surface area contributed by atoms with Gasteiger partial charge in [-0.05, 0) is 45.4 Å². The van der Waals surface area contributed by atoms with Gasteiger partial charge >= 0.3 is 0 Å². The fraction of sp³-hybridized carbons (Fsp3) is 0.389. The van der Waals surface area contributed by atoms with Crippen LogP contribution in [0.2, 0.25) is 0 Å². The first-order chi connectivity index (χ1) is 12.9. The van der Waals surface area contributed by atoms with Crippen molar-refractivity contribution in [1.82, 2.24) is 29.8 Å². The molecule has 0 spiro atoms. The lowest BCUT2D eigenvalue weighted by molar-refractivity contribution is -0.117. The van der Waals surface area contributed by atoms with Gasteiger partial charge in [0.05, 0.1) is 11.4 Å². The number of hydrogen-bond acceptors (Lipinski definition) is 6. The number of hydrogen-bond donors (Lipinski definition) is 1. The molecule has 140 valence electrons. The first-order valence-corrected chi connectivity index (χ1v) is 8.88. The average Bonchev–Trinajstić information content (AvgIpc) is 3.26. The van der Waals surface area contributed by atoms with E-state index in [-0.39, 0.29) is 11.9 Å². The molecule has 1 atom stereocenters. The fourth-order valence-electron chi connectivity index (χ4n) is 3.45. The van der Waals surface area contributed by atoms with Crippen molar-refractivity contribution in [1.29, 1.82) is 0 Å². The van der Waals surface area contributed by atoms with Gasteiger partial charge in [0.15, 0.2) is 5.82 Å². The summed E-state index contributed by atoms with van der Waals surface area (Å²) in [6, 6.07) is 7.25. The molecule has 1 unspecified atom stereocenters. The molecule has 1 amide bonds. The van der Waals surface area contributed by atoms with Crippen LogP contribution in [0.3, 0.4) is 0 Å². The highest BCUT2D eigenvalue weighted by molar-refractivity contribution is 6.00. The standard InChI is InChI=1S/C18H22N8O/c1-11-9-13(3)26(23-11)16-6-5-15(20-21-16)19-14-7-8-25(18(14)27)17-10-12(2)22-24(17)4/h5-6,9-10,14H,7-8H2,1-4H3,(H,19,20). The second kappa shape index (κ2) is 6.49. The summed E-state index contributed by atoms with van der Waals surface area (Å²) in [5.74, 6) is 2.05. The van der Waals surface area contributed by atoms with Crippen molar-refractivity contribution in [2.75, 3.05) is 16.8 Å². The maximum atomic E-state index is 12.8. The second-order valence-corrected chi connectivity index (χ2v) is 6.86. The molecule has 0 aromatic carbocycles. The molecule has 9 heteroatoms. The van der Waals surface area contributed by atoms with Crippen LogP contribution in [0.4, 0.5) is 11.6 Å².